The normalized spacial score (nSPS) is 10.9. The first kappa shape index (κ1) is 12.8. The summed E-state index contributed by atoms with van der Waals surface area (Å²) in [5, 5.41) is 20.5. The molecule has 1 aromatic rings. The van der Waals surface area contributed by atoms with E-state index >= 15 is 0 Å². The number of nitrogens with one attached hydrogen (secondary N) is 4. The Labute approximate surface area is 99.3 Å². The largest absolute Gasteiger partial charge is 0.367 e. The smallest absolute Gasteiger partial charge is 0.357 e. The molecule has 8 nitrogen and oxygen atoms in total. The van der Waals surface area contributed by atoms with Crippen LogP contribution in [-0.2, 0) is 6.42 Å². The summed E-state index contributed by atoms with van der Waals surface area (Å²) < 4.78 is 0. The lowest BCUT2D eigenvalue weighted by Crippen LogP contribution is -2.75. The average molecular weight is 237 g/mol. The van der Waals surface area contributed by atoms with Gasteiger partial charge in [0.25, 0.3) is 6.19 Å². The zero-order chi connectivity index (χ0) is 12.5. The molecule has 6 N–H and O–H groups in total. The van der Waals surface area contributed by atoms with Crippen LogP contribution in [0.5, 0.6) is 0 Å². The third kappa shape index (κ3) is 4.83. The maximum absolute atomic E-state index is 8.43. The van der Waals surface area contributed by atoms with Crippen molar-refractivity contribution in [3.63, 3.8) is 0 Å². The second kappa shape index (κ2) is 7.05. The van der Waals surface area contributed by atoms with E-state index in [0.29, 0.717) is 5.96 Å². The van der Waals surface area contributed by atoms with Gasteiger partial charge in [-0.2, -0.15) is 15.6 Å². The number of nitrogens with two attached hydrogens (primary N) is 1. The molecule has 1 rings (SSSR count). The van der Waals surface area contributed by atoms with E-state index in [1.807, 2.05) is 6.19 Å². The van der Waals surface area contributed by atoms with Gasteiger partial charge < -0.3 is 5.73 Å². The zero-order valence-corrected chi connectivity index (χ0v) is 9.75. The Morgan fingerprint density at radius 1 is 1.59 bits per heavy atom. The predicted octanol–water partition coefficient (Wildman–Crippen LogP) is -2.56. The standard InChI is InChI=1S/C9H16N8/c1-12-9(14-6-10)13-5-3-2-4-7-15-8(11)17-16-7/h2-5H2,1H3,(H2,12,13,14)(H3,11,15,16,17)/p+1. The first-order chi connectivity index (χ1) is 8.26. The Kier molecular flexibility index (Phi) is 5.30. The fourth-order valence-corrected chi connectivity index (χ4v) is 1.30. The van der Waals surface area contributed by atoms with Crippen molar-refractivity contribution < 1.29 is 4.99 Å². The topological polar surface area (TPSA) is 129 Å². The average Bonchev–Trinajstić information content (AvgIpc) is 2.73. The third-order valence-electron chi connectivity index (χ3n) is 2.12. The molecule has 8 heteroatoms. The molecule has 0 saturated carbocycles. The molecule has 0 aliphatic rings. The van der Waals surface area contributed by atoms with Gasteiger partial charge in [-0.3, -0.25) is 15.4 Å². The number of nitrogens with zero attached hydrogens (tertiary/aromatic N) is 3. The minimum Gasteiger partial charge on any atom is -0.367 e. The van der Waals surface area contributed by atoms with Gasteiger partial charge in [-0.05, 0) is 12.8 Å². The van der Waals surface area contributed by atoms with Gasteiger partial charge in [0.1, 0.15) is 5.82 Å². The van der Waals surface area contributed by atoms with Crippen LogP contribution in [0.25, 0.3) is 0 Å². The minimum atomic E-state index is 0.280. The molecular weight excluding hydrogens is 220 g/mol. The van der Waals surface area contributed by atoms with Crippen molar-refractivity contribution in [3.05, 3.63) is 5.82 Å². The predicted molar refractivity (Wildman–Crippen MR) is 62.4 cm³/mol. The first-order valence-corrected chi connectivity index (χ1v) is 5.36. The van der Waals surface area contributed by atoms with Gasteiger partial charge in [0.2, 0.25) is 5.95 Å². The highest BCUT2D eigenvalue weighted by Crippen LogP contribution is 1.99. The molecule has 0 aliphatic heterocycles. The molecule has 0 aliphatic carbocycles. The summed E-state index contributed by atoms with van der Waals surface area (Å²) in [4.78, 5) is 6.85. The molecule has 1 heterocycles. The molecule has 0 radical (unpaired) electrons. The van der Waals surface area contributed by atoms with E-state index in [0.717, 1.165) is 31.6 Å². The highest BCUT2D eigenvalue weighted by molar-refractivity contribution is 5.75. The van der Waals surface area contributed by atoms with Gasteiger partial charge in [-0.15, -0.1) is 5.10 Å². The van der Waals surface area contributed by atoms with E-state index in [1.165, 1.54) is 0 Å². The number of unbranched alkanes of at least 4 members (excludes halogenated alkanes) is 1. The summed E-state index contributed by atoms with van der Waals surface area (Å²) in [6.07, 6.45) is 4.57. The molecule has 0 saturated heterocycles. The molecule has 0 bridgehead atoms. The highest BCUT2D eigenvalue weighted by Gasteiger charge is 2.03. The van der Waals surface area contributed by atoms with E-state index in [2.05, 4.69) is 30.8 Å². The quantitative estimate of drug-likeness (QED) is 0.126. The third-order valence-corrected chi connectivity index (χ3v) is 2.12. The molecule has 0 fully saturated rings. The monoisotopic (exact) mass is 237 g/mol. The van der Waals surface area contributed by atoms with E-state index in [1.54, 1.807) is 7.05 Å². The van der Waals surface area contributed by atoms with Crippen LogP contribution in [0.2, 0.25) is 0 Å². The van der Waals surface area contributed by atoms with E-state index in [9.17, 15) is 0 Å². The number of aromatic nitrogens is 3. The van der Waals surface area contributed by atoms with Gasteiger partial charge >= 0.3 is 5.96 Å². The fraction of sp³-hybridized carbons (Fsp3) is 0.556. The van der Waals surface area contributed by atoms with Crippen molar-refractivity contribution in [3.8, 4) is 6.19 Å². The second-order valence-corrected chi connectivity index (χ2v) is 3.39. The summed E-state index contributed by atoms with van der Waals surface area (Å²) in [6.45, 7) is 0.772. The summed E-state index contributed by atoms with van der Waals surface area (Å²) >= 11 is 0. The van der Waals surface area contributed by atoms with Crippen molar-refractivity contribution in [2.24, 2.45) is 0 Å². The van der Waals surface area contributed by atoms with Crippen molar-refractivity contribution in [2.45, 2.75) is 19.3 Å². The Hall–Kier alpha value is -2.30. The van der Waals surface area contributed by atoms with Crippen LogP contribution in [0.1, 0.15) is 18.7 Å². The van der Waals surface area contributed by atoms with Crippen molar-refractivity contribution in [1.29, 1.82) is 5.26 Å². The number of guanidine groups is 1. The zero-order valence-electron chi connectivity index (χ0n) is 9.75. The number of aromatic amines is 1. The lowest BCUT2D eigenvalue weighted by molar-refractivity contribution is -0.424. The molecule has 0 unspecified atom stereocenters. The lowest BCUT2D eigenvalue weighted by atomic mass is 10.2. The van der Waals surface area contributed by atoms with E-state index in [-0.39, 0.29) is 5.95 Å². The van der Waals surface area contributed by atoms with Gasteiger partial charge in [0.15, 0.2) is 0 Å². The van der Waals surface area contributed by atoms with Crippen molar-refractivity contribution in [2.75, 3.05) is 19.3 Å². The number of hydrogen-bond acceptors (Lipinski definition) is 4. The van der Waals surface area contributed by atoms with Crippen LogP contribution in [0.3, 0.4) is 0 Å². The number of anilines is 1. The molecule has 0 aromatic carbocycles. The second-order valence-electron chi connectivity index (χ2n) is 3.39. The van der Waals surface area contributed by atoms with E-state index < -0.39 is 0 Å². The number of nitriles is 1. The SMILES string of the molecule is C[NH+]=C(NC#N)NCCCCc1nc(N)n[nH]1. The number of aryl methyl sites for hydroxylation is 1. The van der Waals surface area contributed by atoms with Crippen LogP contribution in [0, 0.1) is 11.5 Å². The van der Waals surface area contributed by atoms with Crippen LogP contribution in [-0.4, -0.2) is 34.7 Å². The summed E-state index contributed by atoms with van der Waals surface area (Å²) in [5.41, 5.74) is 5.38. The fourth-order valence-electron chi connectivity index (χ4n) is 1.30. The van der Waals surface area contributed by atoms with Crippen molar-refractivity contribution >= 4 is 11.9 Å². The van der Waals surface area contributed by atoms with Gasteiger partial charge in [0, 0.05) is 6.42 Å². The molecule has 0 spiro atoms. The van der Waals surface area contributed by atoms with Crippen molar-refractivity contribution in [1.82, 2.24) is 25.8 Å². The molecule has 1 aromatic heterocycles. The highest BCUT2D eigenvalue weighted by atomic mass is 15.3. The first-order valence-electron chi connectivity index (χ1n) is 5.36. The van der Waals surface area contributed by atoms with Gasteiger partial charge in [0.05, 0.1) is 13.6 Å². The molecule has 0 amide bonds. The number of hydrogen-bond donors (Lipinski definition) is 5. The number of rotatable bonds is 5. The van der Waals surface area contributed by atoms with E-state index in [4.69, 9.17) is 11.0 Å². The molecule has 17 heavy (non-hydrogen) atoms. The maximum Gasteiger partial charge on any atom is 0.357 e. The van der Waals surface area contributed by atoms with Crippen LogP contribution < -0.4 is 21.4 Å². The Balaban J connectivity index is 2.11. The maximum atomic E-state index is 8.43. The van der Waals surface area contributed by atoms with Gasteiger partial charge in [-0.1, -0.05) is 0 Å². The number of nitrogen functional groups attached to an aromatic ring is 1. The Bertz CT molecular complexity index is 401. The molecule has 0 atom stereocenters. The minimum absolute atomic E-state index is 0.280. The lowest BCUT2D eigenvalue weighted by Gasteiger charge is -1.99. The summed E-state index contributed by atoms with van der Waals surface area (Å²) in [5.74, 6) is 1.69. The Morgan fingerprint density at radius 2 is 2.41 bits per heavy atom. The molecule has 92 valence electrons. The van der Waals surface area contributed by atoms with Crippen LogP contribution in [0.4, 0.5) is 5.95 Å². The summed E-state index contributed by atoms with van der Waals surface area (Å²) in [7, 11) is 1.74. The number of H-pyrrole nitrogens is 1. The molecular formula is C9H17N8+. The Morgan fingerprint density at radius 3 is 3.00 bits per heavy atom. The summed E-state index contributed by atoms with van der Waals surface area (Å²) in [6, 6.07) is 0. The van der Waals surface area contributed by atoms with Crippen LogP contribution >= 0.6 is 0 Å². The van der Waals surface area contributed by atoms with Gasteiger partial charge in [-0.25, -0.2) is 0 Å². The van der Waals surface area contributed by atoms with Crippen LogP contribution in [0.15, 0.2) is 0 Å².